The molecular formula is C21H21ClN2O3. The minimum atomic E-state index is -0.373. The SMILES string of the molecule is COC(=O)c1ccc(CN2C(=O)[C@H]3CCCC3Nc3ccc(Cl)cc32)cc1. The third kappa shape index (κ3) is 3.39. The molecule has 6 heteroatoms. The van der Waals surface area contributed by atoms with Crippen molar-refractivity contribution in [2.45, 2.75) is 31.8 Å². The maximum absolute atomic E-state index is 13.3. The van der Waals surface area contributed by atoms with Gasteiger partial charge in [0.2, 0.25) is 5.91 Å². The van der Waals surface area contributed by atoms with Gasteiger partial charge in [-0.2, -0.15) is 0 Å². The van der Waals surface area contributed by atoms with E-state index in [4.69, 9.17) is 16.3 Å². The number of carbonyl (C=O) groups is 2. The van der Waals surface area contributed by atoms with Crippen LogP contribution in [0.5, 0.6) is 0 Å². The zero-order valence-electron chi connectivity index (χ0n) is 15.1. The molecule has 1 unspecified atom stereocenters. The number of fused-ring (bicyclic) bond motifs is 2. The highest BCUT2D eigenvalue weighted by Crippen LogP contribution is 2.40. The van der Waals surface area contributed by atoms with Crippen molar-refractivity contribution >= 4 is 34.9 Å². The zero-order valence-corrected chi connectivity index (χ0v) is 15.8. The molecule has 5 nitrogen and oxygen atoms in total. The van der Waals surface area contributed by atoms with Crippen molar-refractivity contribution in [1.29, 1.82) is 0 Å². The van der Waals surface area contributed by atoms with Gasteiger partial charge in [-0.25, -0.2) is 4.79 Å². The van der Waals surface area contributed by atoms with Crippen LogP contribution in [0.4, 0.5) is 11.4 Å². The molecule has 1 amide bonds. The molecule has 2 aliphatic rings. The minimum absolute atomic E-state index is 0.0227. The van der Waals surface area contributed by atoms with Gasteiger partial charge in [0.05, 0.1) is 36.5 Å². The van der Waals surface area contributed by atoms with E-state index in [1.54, 1.807) is 12.1 Å². The predicted octanol–water partition coefficient (Wildman–Crippen LogP) is 4.25. The van der Waals surface area contributed by atoms with Crippen LogP contribution in [0.3, 0.4) is 0 Å². The summed E-state index contributed by atoms with van der Waals surface area (Å²) in [5.74, 6) is -0.267. The standard InChI is InChI=1S/C21H21ClN2O3/c1-27-21(26)14-7-5-13(6-8-14)12-24-19-11-15(22)9-10-18(19)23-17-4-2-3-16(17)20(24)25/h5-11,16-17,23H,2-4,12H2,1H3/t16-,17?/m0/s1. The number of methoxy groups -OCH3 is 1. The summed E-state index contributed by atoms with van der Waals surface area (Å²) in [6.07, 6.45) is 2.95. The van der Waals surface area contributed by atoms with E-state index in [2.05, 4.69) is 5.32 Å². The average Bonchev–Trinajstić information content (AvgIpc) is 3.11. The summed E-state index contributed by atoms with van der Waals surface area (Å²) < 4.78 is 4.74. The van der Waals surface area contributed by atoms with Gasteiger partial charge in [0.25, 0.3) is 0 Å². The number of hydrogen-bond donors (Lipinski definition) is 1. The zero-order chi connectivity index (χ0) is 19.0. The van der Waals surface area contributed by atoms with Crippen molar-refractivity contribution in [2.24, 2.45) is 5.92 Å². The third-order valence-electron chi connectivity index (χ3n) is 5.41. The summed E-state index contributed by atoms with van der Waals surface area (Å²) >= 11 is 6.22. The van der Waals surface area contributed by atoms with Crippen LogP contribution in [0.1, 0.15) is 35.2 Å². The van der Waals surface area contributed by atoms with Gasteiger partial charge < -0.3 is 15.0 Å². The van der Waals surface area contributed by atoms with E-state index in [1.807, 2.05) is 35.2 Å². The van der Waals surface area contributed by atoms with E-state index < -0.39 is 0 Å². The Kier molecular flexibility index (Phi) is 4.79. The molecule has 0 saturated heterocycles. The molecule has 1 N–H and O–H groups in total. The largest absolute Gasteiger partial charge is 0.465 e. The Labute approximate surface area is 163 Å². The van der Waals surface area contributed by atoms with Crippen LogP contribution in [0.15, 0.2) is 42.5 Å². The fraction of sp³-hybridized carbons (Fsp3) is 0.333. The normalized spacial score (nSPS) is 21.1. The first-order chi connectivity index (χ1) is 13.1. The van der Waals surface area contributed by atoms with E-state index in [1.165, 1.54) is 7.11 Å². The van der Waals surface area contributed by atoms with Gasteiger partial charge in [-0.05, 0) is 48.7 Å². The Morgan fingerprint density at radius 1 is 1.22 bits per heavy atom. The summed E-state index contributed by atoms with van der Waals surface area (Å²) in [6, 6.07) is 12.9. The number of esters is 1. The molecule has 1 heterocycles. The Hall–Kier alpha value is -2.53. The number of halogens is 1. The van der Waals surface area contributed by atoms with Crippen LogP contribution < -0.4 is 10.2 Å². The molecular weight excluding hydrogens is 364 g/mol. The second-order valence-electron chi connectivity index (χ2n) is 7.06. The Morgan fingerprint density at radius 3 is 2.74 bits per heavy atom. The lowest BCUT2D eigenvalue weighted by Gasteiger charge is -2.25. The van der Waals surface area contributed by atoms with E-state index in [-0.39, 0.29) is 23.8 Å². The lowest BCUT2D eigenvalue weighted by atomic mass is 10.0. The second-order valence-corrected chi connectivity index (χ2v) is 7.50. The summed E-state index contributed by atoms with van der Waals surface area (Å²) in [5, 5.41) is 4.14. The molecule has 1 aliphatic carbocycles. The molecule has 27 heavy (non-hydrogen) atoms. The first kappa shape index (κ1) is 17.9. The predicted molar refractivity (Wildman–Crippen MR) is 105 cm³/mol. The molecule has 0 spiro atoms. The number of nitrogens with zero attached hydrogens (tertiary/aromatic N) is 1. The van der Waals surface area contributed by atoms with Crippen molar-refractivity contribution in [3.8, 4) is 0 Å². The van der Waals surface area contributed by atoms with Gasteiger partial charge in [-0.15, -0.1) is 0 Å². The number of benzene rings is 2. The lowest BCUT2D eigenvalue weighted by Crippen LogP contribution is -2.38. The molecule has 1 fully saturated rings. The number of rotatable bonds is 3. The van der Waals surface area contributed by atoms with Crippen molar-refractivity contribution < 1.29 is 14.3 Å². The maximum Gasteiger partial charge on any atom is 0.337 e. The van der Waals surface area contributed by atoms with Gasteiger partial charge in [0.15, 0.2) is 0 Å². The lowest BCUT2D eigenvalue weighted by molar-refractivity contribution is -0.122. The highest BCUT2D eigenvalue weighted by atomic mass is 35.5. The maximum atomic E-state index is 13.3. The van der Waals surface area contributed by atoms with Gasteiger partial charge in [-0.3, -0.25) is 4.79 Å². The number of ether oxygens (including phenoxy) is 1. The number of nitrogens with one attached hydrogen (secondary N) is 1. The Bertz CT molecular complexity index is 881. The van der Waals surface area contributed by atoms with Gasteiger partial charge >= 0.3 is 5.97 Å². The Balaban J connectivity index is 1.68. The monoisotopic (exact) mass is 384 g/mol. The summed E-state index contributed by atoms with van der Waals surface area (Å²) in [4.78, 5) is 26.7. The van der Waals surface area contributed by atoms with Crippen molar-refractivity contribution in [3.05, 3.63) is 58.6 Å². The first-order valence-electron chi connectivity index (χ1n) is 9.11. The van der Waals surface area contributed by atoms with Crippen molar-refractivity contribution in [3.63, 3.8) is 0 Å². The Morgan fingerprint density at radius 2 is 2.00 bits per heavy atom. The van der Waals surface area contributed by atoms with Crippen LogP contribution in [0.25, 0.3) is 0 Å². The molecule has 1 aliphatic heterocycles. The topological polar surface area (TPSA) is 58.6 Å². The molecule has 2 aromatic rings. The number of hydrogen-bond acceptors (Lipinski definition) is 4. The van der Waals surface area contributed by atoms with E-state index >= 15 is 0 Å². The van der Waals surface area contributed by atoms with Crippen molar-refractivity contribution in [1.82, 2.24) is 0 Å². The summed E-state index contributed by atoms with van der Waals surface area (Å²) in [6.45, 7) is 0.429. The number of amides is 1. The minimum Gasteiger partial charge on any atom is -0.465 e. The van der Waals surface area contributed by atoms with Crippen LogP contribution in [-0.4, -0.2) is 25.0 Å². The fourth-order valence-corrected chi connectivity index (χ4v) is 4.17. The van der Waals surface area contributed by atoms with E-state index in [0.29, 0.717) is 17.1 Å². The molecule has 0 radical (unpaired) electrons. The smallest absolute Gasteiger partial charge is 0.337 e. The molecule has 2 atom stereocenters. The summed E-state index contributed by atoms with van der Waals surface area (Å²) in [5.41, 5.74) is 3.18. The third-order valence-corrected chi connectivity index (χ3v) is 5.64. The molecule has 140 valence electrons. The highest BCUT2D eigenvalue weighted by Gasteiger charge is 2.39. The molecule has 1 saturated carbocycles. The highest BCUT2D eigenvalue weighted by molar-refractivity contribution is 6.31. The van der Waals surface area contributed by atoms with Crippen LogP contribution in [0.2, 0.25) is 5.02 Å². The van der Waals surface area contributed by atoms with Crippen LogP contribution in [-0.2, 0) is 16.1 Å². The van der Waals surface area contributed by atoms with Crippen LogP contribution >= 0.6 is 11.6 Å². The van der Waals surface area contributed by atoms with Crippen LogP contribution in [0, 0.1) is 5.92 Å². The number of anilines is 2. The van der Waals surface area contributed by atoms with Gasteiger partial charge in [0, 0.05) is 11.1 Å². The van der Waals surface area contributed by atoms with Gasteiger partial charge in [-0.1, -0.05) is 30.2 Å². The quantitative estimate of drug-likeness (QED) is 0.803. The van der Waals surface area contributed by atoms with E-state index in [9.17, 15) is 9.59 Å². The first-order valence-corrected chi connectivity index (χ1v) is 9.49. The fourth-order valence-electron chi connectivity index (χ4n) is 4.01. The summed E-state index contributed by atoms with van der Waals surface area (Å²) in [7, 11) is 1.36. The van der Waals surface area contributed by atoms with E-state index in [0.717, 1.165) is 36.2 Å². The molecule has 4 rings (SSSR count). The molecule has 0 bridgehead atoms. The molecule has 2 aromatic carbocycles. The second kappa shape index (κ2) is 7.24. The van der Waals surface area contributed by atoms with Crippen molar-refractivity contribution in [2.75, 3.05) is 17.3 Å². The number of carbonyl (C=O) groups excluding carboxylic acids is 2. The average molecular weight is 385 g/mol. The molecule has 0 aromatic heterocycles. The van der Waals surface area contributed by atoms with Gasteiger partial charge in [0.1, 0.15) is 0 Å².